The van der Waals surface area contributed by atoms with Gasteiger partial charge in [0.05, 0.1) is 36.7 Å². The van der Waals surface area contributed by atoms with Crippen LogP contribution in [0.25, 0.3) is 10.8 Å². The van der Waals surface area contributed by atoms with Crippen LogP contribution in [0.4, 0.5) is 0 Å². The number of pyridine rings is 1. The molecule has 2 aromatic rings. The molecule has 1 saturated heterocycles. The fourth-order valence-electron chi connectivity index (χ4n) is 8.13. The first-order valence-electron chi connectivity index (χ1n) is 17.2. The van der Waals surface area contributed by atoms with Gasteiger partial charge in [0.25, 0.3) is 0 Å². The molecule has 1 aromatic carbocycles. The molecule has 47 heavy (non-hydrogen) atoms. The van der Waals surface area contributed by atoms with Crippen molar-refractivity contribution < 1.29 is 38.2 Å². The van der Waals surface area contributed by atoms with Crippen molar-refractivity contribution in [1.29, 1.82) is 0 Å². The second-order valence-corrected chi connectivity index (χ2v) is 16.4. The Balaban J connectivity index is 1.36. The van der Waals surface area contributed by atoms with E-state index in [1.807, 2.05) is 12.1 Å². The molecule has 3 heterocycles. The van der Waals surface area contributed by atoms with Gasteiger partial charge in [-0.25, -0.2) is 4.98 Å². The van der Waals surface area contributed by atoms with Crippen LogP contribution < -0.4 is 4.74 Å². The number of carbonyl (C=O) groups is 3. The lowest BCUT2D eigenvalue weighted by molar-refractivity contribution is -0.152. The van der Waals surface area contributed by atoms with Crippen molar-refractivity contribution in [1.82, 2.24) is 9.88 Å². The Labute approximate surface area is 276 Å². The maximum Gasteiger partial charge on any atom is 0.332 e. The molecule has 1 amide bonds. The van der Waals surface area contributed by atoms with E-state index < -0.39 is 48.5 Å². The van der Waals surface area contributed by atoms with Gasteiger partial charge in [-0.2, -0.15) is 0 Å². The van der Waals surface area contributed by atoms with E-state index in [1.165, 1.54) is 11.0 Å². The van der Waals surface area contributed by atoms with Gasteiger partial charge in [0.2, 0.25) is 11.8 Å². The van der Waals surface area contributed by atoms with Crippen LogP contribution in [-0.2, 0) is 30.1 Å². The lowest BCUT2D eigenvalue weighted by atomic mass is 9.77. The van der Waals surface area contributed by atoms with Crippen LogP contribution in [0, 0.1) is 23.7 Å². The third kappa shape index (κ3) is 7.20. The van der Waals surface area contributed by atoms with E-state index in [1.54, 1.807) is 6.20 Å². The lowest BCUT2D eigenvalue weighted by Gasteiger charge is -2.34. The molecule has 1 aromatic heterocycles. The van der Waals surface area contributed by atoms with E-state index >= 15 is 0 Å². The number of allylic oxidation sites excluding steroid dienone is 1. The monoisotopic (exact) mass is 666 g/mol. The number of hydrogen-bond acceptors (Lipinski definition) is 7. The Hall–Kier alpha value is -3.07. The fourth-order valence-corrected chi connectivity index (χ4v) is 9.46. The average Bonchev–Trinajstić information content (AvgIpc) is 3.63. The Morgan fingerprint density at radius 3 is 2.66 bits per heavy atom. The van der Waals surface area contributed by atoms with Crippen LogP contribution in [0.2, 0.25) is 0 Å². The second-order valence-electron chi connectivity index (χ2n) is 14.4. The Bertz CT molecular complexity index is 1570. The number of hydrogen-bond donors (Lipinski definition) is 2. The van der Waals surface area contributed by atoms with E-state index in [-0.39, 0.29) is 56.6 Å². The summed E-state index contributed by atoms with van der Waals surface area (Å²) in [6.45, 7) is 6.17. The lowest BCUT2D eigenvalue weighted by Crippen LogP contribution is -2.47. The Morgan fingerprint density at radius 1 is 1.15 bits per heavy atom. The van der Waals surface area contributed by atoms with Crippen molar-refractivity contribution in [2.75, 3.05) is 13.2 Å². The van der Waals surface area contributed by atoms with Crippen LogP contribution in [0.5, 0.6) is 5.88 Å². The van der Waals surface area contributed by atoms with Gasteiger partial charge < -0.3 is 24.2 Å². The number of ether oxygens (including phenoxy) is 2. The van der Waals surface area contributed by atoms with Gasteiger partial charge in [-0.1, -0.05) is 44.4 Å². The van der Waals surface area contributed by atoms with Crippen LogP contribution in [0.3, 0.4) is 0 Å². The molecule has 2 unspecified atom stereocenters. The first-order valence-corrected chi connectivity index (χ1v) is 18.8. The molecule has 3 fully saturated rings. The van der Waals surface area contributed by atoms with Crippen molar-refractivity contribution >= 4 is 36.0 Å². The van der Waals surface area contributed by atoms with Crippen molar-refractivity contribution in [3.05, 3.63) is 48.7 Å². The molecule has 0 radical (unpaired) electrons. The van der Waals surface area contributed by atoms with Gasteiger partial charge in [-0.3, -0.25) is 18.9 Å². The number of amides is 1. The van der Waals surface area contributed by atoms with Gasteiger partial charge in [0.1, 0.15) is 6.10 Å². The normalized spacial score (nSPS) is 31.1. The molecule has 11 heteroatoms. The van der Waals surface area contributed by atoms with Gasteiger partial charge >= 0.3 is 13.6 Å². The largest absolute Gasteiger partial charge is 0.472 e. The molecule has 254 valence electrons. The SMILES string of the molecule is C=CC1CC1(CC(=O)[C@@H]1C[C@@H]2CN1C(=O)[C@H](C1CCCCC1)CC(=O)OC[C@H](C)CCCc1ccc3ccnc(c3c1)O2)P(=O)(O)O. The topological polar surface area (TPSA) is 143 Å². The molecule has 2 N–H and O–H groups in total. The smallest absolute Gasteiger partial charge is 0.332 e. The minimum Gasteiger partial charge on any atom is -0.472 e. The summed E-state index contributed by atoms with van der Waals surface area (Å²) in [5.41, 5.74) is 1.14. The molecule has 2 saturated carbocycles. The van der Waals surface area contributed by atoms with E-state index in [2.05, 4.69) is 30.6 Å². The predicted octanol–water partition coefficient (Wildman–Crippen LogP) is 5.77. The average molecular weight is 667 g/mol. The number of fused-ring (bicyclic) bond motifs is 3. The molecule has 2 aliphatic heterocycles. The zero-order valence-corrected chi connectivity index (χ0v) is 28.1. The highest BCUT2D eigenvalue weighted by Gasteiger charge is 2.65. The van der Waals surface area contributed by atoms with Crippen molar-refractivity contribution in [2.24, 2.45) is 23.7 Å². The summed E-state index contributed by atoms with van der Waals surface area (Å²) < 4.78 is 24.8. The third-order valence-corrected chi connectivity index (χ3v) is 12.9. The predicted molar refractivity (Wildman–Crippen MR) is 177 cm³/mol. The highest BCUT2D eigenvalue weighted by Crippen LogP contribution is 2.71. The molecule has 2 aliphatic carbocycles. The van der Waals surface area contributed by atoms with E-state index in [4.69, 9.17) is 9.47 Å². The Morgan fingerprint density at radius 2 is 1.94 bits per heavy atom. The fraction of sp³-hybridized carbons (Fsp3) is 0.611. The zero-order chi connectivity index (χ0) is 33.3. The number of ketones is 1. The van der Waals surface area contributed by atoms with E-state index in [0.717, 1.165) is 67.7 Å². The van der Waals surface area contributed by atoms with Crippen LogP contribution in [-0.4, -0.2) is 67.8 Å². The summed E-state index contributed by atoms with van der Waals surface area (Å²) in [6.07, 6.45) is 9.83. The quantitative estimate of drug-likeness (QED) is 0.223. The van der Waals surface area contributed by atoms with Gasteiger partial charge in [0.15, 0.2) is 5.78 Å². The third-order valence-electron chi connectivity index (χ3n) is 11.1. The standard InChI is InChI=1S/C36H47N2O8P/c1-3-27-19-36(27,47(42,43)44)20-32(39)31-17-28-21-38(31)35(41)30(25-10-5-4-6-11-25)18-33(40)45-22-23(2)8-7-9-24-12-13-26-14-15-37-34(46-28)29(26)16-24/h3,12-16,23,25,27-28,30-31H,1,4-11,17-22H2,2H3,(H2,42,43,44)/t23-,27?,28-,30+,31+,36?/m1/s1. The van der Waals surface area contributed by atoms with Gasteiger partial charge in [-0.05, 0) is 79.4 Å². The number of esters is 1. The molecule has 4 aliphatic rings. The molecule has 0 spiro atoms. The van der Waals surface area contributed by atoms with E-state index in [0.29, 0.717) is 5.88 Å². The summed E-state index contributed by atoms with van der Waals surface area (Å²) in [4.78, 5) is 68.5. The zero-order valence-electron chi connectivity index (χ0n) is 27.2. The van der Waals surface area contributed by atoms with Gasteiger partial charge in [0, 0.05) is 24.4 Å². The van der Waals surface area contributed by atoms with Crippen molar-refractivity contribution in [3.8, 4) is 5.88 Å². The summed E-state index contributed by atoms with van der Waals surface area (Å²) in [6, 6.07) is 7.19. The van der Waals surface area contributed by atoms with Crippen molar-refractivity contribution in [3.63, 3.8) is 0 Å². The number of rotatable bonds is 6. The summed E-state index contributed by atoms with van der Waals surface area (Å²) in [5.74, 6) is -1.67. The molecular weight excluding hydrogens is 619 g/mol. The van der Waals surface area contributed by atoms with Crippen molar-refractivity contribution in [2.45, 2.75) is 101 Å². The number of carbonyl (C=O) groups excluding carboxylic acids is 3. The number of cyclic esters (lactones) is 1. The van der Waals surface area contributed by atoms with Gasteiger partial charge in [-0.15, -0.1) is 6.58 Å². The number of nitrogens with zero attached hydrogens (tertiary/aromatic N) is 2. The first kappa shape index (κ1) is 33.8. The van der Waals surface area contributed by atoms with Crippen LogP contribution in [0.15, 0.2) is 43.1 Å². The number of aromatic nitrogens is 1. The first-order chi connectivity index (χ1) is 22.5. The summed E-state index contributed by atoms with van der Waals surface area (Å²) in [5, 5.41) is 0.327. The molecule has 6 rings (SSSR count). The minimum atomic E-state index is -4.64. The molecular formula is C36H47N2O8P. The maximum absolute atomic E-state index is 14.6. The van der Waals surface area contributed by atoms with E-state index in [9.17, 15) is 28.7 Å². The minimum absolute atomic E-state index is 0.0179. The Kier molecular flexibility index (Phi) is 9.94. The second kappa shape index (κ2) is 13.8. The number of benzene rings is 1. The summed E-state index contributed by atoms with van der Waals surface area (Å²) in [7, 11) is -4.64. The highest BCUT2D eigenvalue weighted by atomic mass is 31.2. The molecule has 4 bridgehead atoms. The summed E-state index contributed by atoms with van der Waals surface area (Å²) >= 11 is 0. The number of Topliss-reactive ketones (excluding diaryl/α,β-unsaturated/α-hetero) is 1. The molecule has 6 atom stereocenters. The maximum atomic E-state index is 14.6. The van der Waals surface area contributed by atoms with Crippen LogP contribution in [0.1, 0.15) is 83.1 Å². The highest BCUT2D eigenvalue weighted by molar-refractivity contribution is 7.54. The molecule has 10 nitrogen and oxygen atoms in total. The van der Waals surface area contributed by atoms with Crippen LogP contribution >= 0.6 is 7.60 Å². The number of aryl methyl sites for hydroxylation is 1.